The van der Waals surface area contributed by atoms with Gasteiger partial charge in [-0.05, 0) is 63.9 Å². The van der Waals surface area contributed by atoms with E-state index >= 15 is 0 Å². The van der Waals surface area contributed by atoms with Crippen molar-refractivity contribution in [3.63, 3.8) is 0 Å². The van der Waals surface area contributed by atoms with Crippen LogP contribution in [0.4, 0.5) is 0 Å². The topological polar surface area (TPSA) is 58.6 Å². The zero-order chi connectivity index (χ0) is 16.2. The van der Waals surface area contributed by atoms with Crippen molar-refractivity contribution in [1.29, 1.82) is 0 Å². The zero-order valence-electron chi connectivity index (χ0n) is 13.6. The second-order valence-electron chi connectivity index (χ2n) is 6.01. The van der Waals surface area contributed by atoms with Gasteiger partial charge in [-0.25, -0.2) is 13.1 Å². The Labute approximate surface area is 133 Å². The number of benzene rings is 1. The quantitative estimate of drug-likeness (QED) is 0.869. The molecule has 0 bridgehead atoms. The summed E-state index contributed by atoms with van der Waals surface area (Å²) in [5, 5.41) is 0. The van der Waals surface area contributed by atoms with Gasteiger partial charge in [0.15, 0.2) is 0 Å². The molecule has 1 N–H and O–H groups in total. The Hall–Kier alpha value is -1.11. The van der Waals surface area contributed by atoms with Crippen LogP contribution in [-0.4, -0.2) is 46.6 Å². The van der Waals surface area contributed by atoms with Gasteiger partial charge in [-0.1, -0.05) is 6.07 Å². The van der Waals surface area contributed by atoms with Crippen molar-refractivity contribution in [2.45, 2.75) is 31.6 Å². The number of likely N-dealkylation sites (tertiary alicyclic amines) is 1. The van der Waals surface area contributed by atoms with E-state index in [9.17, 15) is 8.42 Å². The first-order valence-electron chi connectivity index (χ1n) is 7.84. The Morgan fingerprint density at radius 1 is 1.41 bits per heavy atom. The Bertz CT molecular complexity index is 601. The summed E-state index contributed by atoms with van der Waals surface area (Å²) in [5.74, 6) is 0.787. The van der Waals surface area contributed by atoms with Gasteiger partial charge < -0.3 is 9.64 Å². The number of sulfonamides is 1. The third-order valence-electron chi connectivity index (χ3n) is 3.97. The van der Waals surface area contributed by atoms with Gasteiger partial charge in [0.1, 0.15) is 10.6 Å². The number of nitrogens with one attached hydrogen (secondary N) is 1. The normalized spacial score (nSPS) is 20.0. The van der Waals surface area contributed by atoms with Gasteiger partial charge in [0.2, 0.25) is 10.0 Å². The molecule has 1 heterocycles. The van der Waals surface area contributed by atoms with Crippen LogP contribution in [0.2, 0.25) is 0 Å². The van der Waals surface area contributed by atoms with E-state index in [-0.39, 0.29) is 4.90 Å². The summed E-state index contributed by atoms with van der Waals surface area (Å²) >= 11 is 0. The van der Waals surface area contributed by atoms with Crippen molar-refractivity contribution in [2.24, 2.45) is 5.92 Å². The van der Waals surface area contributed by atoms with Crippen LogP contribution < -0.4 is 9.46 Å². The van der Waals surface area contributed by atoms with Gasteiger partial charge in [-0.3, -0.25) is 0 Å². The largest absolute Gasteiger partial charge is 0.492 e. The lowest BCUT2D eigenvalue weighted by molar-refractivity contribution is 0.211. The lowest BCUT2D eigenvalue weighted by Crippen LogP contribution is -2.39. The second-order valence-corrected chi connectivity index (χ2v) is 7.74. The van der Waals surface area contributed by atoms with Gasteiger partial charge in [0.05, 0.1) is 6.61 Å². The fraction of sp³-hybridized carbons (Fsp3) is 0.625. The molecule has 124 valence electrons. The molecule has 1 aromatic carbocycles. The van der Waals surface area contributed by atoms with E-state index < -0.39 is 10.0 Å². The number of piperidine rings is 1. The smallest absolute Gasteiger partial charge is 0.244 e. The number of rotatable bonds is 6. The molecule has 0 aromatic heterocycles. The van der Waals surface area contributed by atoms with Crippen molar-refractivity contribution >= 4 is 10.0 Å². The average molecular weight is 326 g/mol. The monoisotopic (exact) mass is 326 g/mol. The van der Waals surface area contributed by atoms with Gasteiger partial charge in [0.25, 0.3) is 0 Å². The molecule has 1 aliphatic rings. The molecular formula is C16H26N2O3S. The molecule has 0 amide bonds. The van der Waals surface area contributed by atoms with Crippen LogP contribution >= 0.6 is 0 Å². The maximum atomic E-state index is 12.6. The predicted molar refractivity (Wildman–Crippen MR) is 87.8 cm³/mol. The third kappa shape index (κ3) is 4.44. The van der Waals surface area contributed by atoms with Gasteiger partial charge in [-0.15, -0.1) is 0 Å². The van der Waals surface area contributed by atoms with Crippen molar-refractivity contribution < 1.29 is 13.2 Å². The molecule has 22 heavy (non-hydrogen) atoms. The summed E-state index contributed by atoms with van der Waals surface area (Å²) in [5.41, 5.74) is 0.904. The van der Waals surface area contributed by atoms with E-state index in [4.69, 9.17) is 4.74 Å². The lowest BCUT2D eigenvalue weighted by atomic mass is 9.99. The third-order valence-corrected chi connectivity index (χ3v) is 5.42. The van der Waals surface area contributed by atoms with E-state index in [1.165, 1.54) is 0 Å². The van der Waals surface area contributed by atoms with Crippen LogP contribution in [-0.2, 0) is 10.0 Å². The van der Waals surface area contributed by atoms with Crippen LogP contribution in [0.1, 0.15) is 25.3 Å². The molecule has 1 aromatic rings. The van der Waals surface area contributed by atoms with Crippen molar-refractivity contribution in [2.75, 3.05) is 33.3 Å². The van der Waals surface area contributed by atoms with Gasteiger partial charge in [0, 0.05) is 13.1 Å². The molecule has 6 heteroatoms. The van der Waals surface area contributed by atoms with Crippen molar-refractivity contribution in [1.82, 2.24) is 9.62 Å². The number of ether oxygens (including phenoxy) is 1. The number of hydrogen-bond donors (Lipinski definition) is 1. The highest BCUT2D eigenvalue weighted by molar-refractivity contribution is 7.89. The van der Waals surface area contributed by atoms with E-state index in [0.717, 1.165) is 31.5 Å². The van der Waals surface area contributed by atoms with Crippen LogP contribution in [0.25, 0.3) is 0 Å². The lowest BCUT2D eigenvalue weighted by Gasteiger charge is -2.29. The van der Waals surface area contributed by atoms with Crippen LogP contribution in [0.15, 0.2) is 23.1 Å². The molecular weight excluding hydrogens is 300 g/mol. The predicted octanol–water partition coefficient (Wildman–Crippen LogP) is 2.01. The first-order chi connectivity index (χ1) is 10.4. The minimum absolute atomic E-state index is 0.235. The van der Waals surface area contributed by atoms with Crippen LogP contribution in [0.3, 0.4) is 0 Å². The van der Waals surface area contributed by atoms with Crippen LogP contribution in [0.5, 0.6) is 5.75 Å². The maximum absolute atomic E-state index is 12.6. The molecule has 0 aliphatic carbocycles. The first-order valence-corrected chi connectivity index (χ1v) is 9.32. The Morgan fingerprint density at radius 2 is 2.18 bits per heavy atom. The summed E-state index contributed by atoms with van der Waals surface area (Å²) < 4.78 is 33.4. The minimum atomic E-state index is -3.55. The molecule has 1 saturated heterocycles. The fourth-order valence-electron chi connectivity index (χ4n) is 2.85. The Kier molecular flexibility index (Phi) is 5.83. The molecule has 2 rings (SSSR count). The molecule has 5 nitrogen and oxygen atoms in total. The number of aryl methyl sites for hydroxylation is 1. The van der Waals surface area contributed by atoms with E-state index in [2.05, 4.69) is 16.7 Å². The fourth-order valence-corrected chi connectivity index (χ4v) is 4.19. The summed E-state index contributed by atoms with van der Waals surface area (Å²) in [7, 11) is -1.47. The Balaban J connectivity index is 2.11. The molecule has 1 aliphatic heterocycles. The highest BCUT2D eigenvalue weighted by atomic mass is 32.2. The first kappa shape index (κ1) is 17.2. The maximum Gasteiger partial charge on any atom is 0.244 e. The molecule has 1 fully saturated rings. The van der Waals surface area contributed by atoms with Gasteiger partial charge in [-0.2, -0.15) is 0 Å². The van der Waals surface area contributed by atoms with E-state index in [0.29, 0.717) is 24.8 Å². The number of nitrogens with zero attached hydrogens (tertiary/aromatic N) is 1. The summed E-state index contributed by atoms with van der Waals surface area (Å²) in [6, 6.07) is 5.25. The molecule has 1 atom stereocenters. The molecule has 0 spiro atoms. The molecule has 0 saturated carbocycles. The highest BCUT2D eigenvalue weighted by Crippen LogP contribution is 2.25. The molecule has 0 unspecified atom stereocenters. The number of hydrogen-bond acceptors (Lipinski definition) is 4. The van der Waals surface area contributed by atoms with Gasteiger partial charge >= 0.3 is 0 Å². The Morgan fingerprint density at radius 3 is 2.86 bits per heavy atom. The summed E-state index contributed by atoms with van der Waals surface area (Å²) in [6.07, 6.45) is 2.19. The highest BCUT2D eigenvalue weighted by Gasteiger charge is 2.23. The van der Waals surface area contributed by atoms with Crippen molar-refractivity contribution in [3.05, 3.63) is 23.8 Å². The minimum Gasteiger partial charge on any atom is -0.492 e. The SMILES string of the molecule is CCOc1ccc(C)cc1S(=O)(=O)NC[C@H]1CCCN(C)C1. The average Bonchev–Trinajstić information content (AvgIpc) is 2.47. The second kappa shape index (κ2) is 7.44. The van der Waals surface area contributed by atoms with E-state index in [1.807, 2.05) is 19.9 Å². The van der Waals surface area contributed by atoms with Crippen LogP contribution in [0, 0.1) is 12.8 Å². The summed E-state index contributed by atoms with van der Waals surface area (Å²) in [4.78, 5) is 2.49. The zero-order valence-corrected chi connectivity index (χ0v) is 14.4. The summed E-state index contributed by atoms with van der Waals surface area (Å²) in [6.45, 7) is 6.68. The molecule has 0 radical (unpaired) electrons. The standard InChI is InChI=1S/C16H26N2O3S/c1-4-21-15-8-7-13(2)10-16(15)22(19,20)17-11-14-6-5-9-18(3)12-14/h7-8,10,14,17H,4-6,9,11-12H2,1-3H3/t14-/m1/s1. The van der Waals surface area contributed by atoms with Crippen molar-refractivity contribution in [3.8, 4) is 5.75 Å². The van der Waals surface area contributed by atoms with E-state index in [1.54, 1.807) is 12.1 Å².